The Balaban J connectivity index is 2.68. The molecule has 4 heteroatoms. The molecule has 0 amide bonds. The Morgan fingerprint density at radius 2 is 2.00 bits per heavy atom. The minimum absolute atomic E-state index is 0.679. The molecule has 2 N–H and O–H groups in total. The zero-order chi connectivity index (χ0) is 10.1. The summed E-state index contributed by atoms with van der Waals surface area (Å²) in [5.74, 6) is 0.710. The van der Waals surface area contributed by atoms with Crippen LogP contribution in [0, 0.1) is 0 Å². The number of rotatable bonds is 2. The number of benzene rings is 1. The van der Waals surface area contributed by atoms with Gasteiger partial charge in [-0.25, -0.2) is 0 Å². The molecule has 1 aromatic carbocycles. The van der Waals surface area contributed by atoms with E-state index in [0.717, 1.165) is 15.1 Å². The van der Waals surface area contributed by atoms with Crippen molar-refractivity contribution in [2.45, 2.75) is 0 Å². The fourth-order valence-electron chi connectivity index (χ4n) is 1.36. The molecule has 0 atom stereocenters. The Labute approximate surface area is 86.1 Å². The molecular weight excluding hydrogens is 198 g/mol. The van der Waals surface area contributed by atoms with E-state index >= 15 is 0 Å². The van der Waals surface area contributed by atoms with Gasteiger partial charge in [0.05, 0.1) is 24.6 Å². The van der Waals surface area contributed by atoms with Gasteiger partial charge >= 0.3 is 0 Å². The molecule has 0 aliphatic heterocycles. The summed E-state index contributed by atoms with van der Waals surface area (Å²) in [6.07, 6.45) is 0. The van der Waals surface area contributed by atoms with Crippen molar-refractivity contribution in [3.05, 3.63) is 18.2 Å². The Morgan fingerprint density at radius 1 is 1.21 bits per heavy atom. The second-order valence-corrected chi connectivity index (χ2v) is 3.88. The van der Waals surface area contributed by atoms with Crippen LogP contribution < -0.4 is 15.2 Å². The maximum Gasteiger partial charge on any atom is 0.174 e. The van der Waals surface area contributed by atoms with Gasteiger partial charge in [-0.15, -0.1) is 0 Å². The van der Waals surface area contributed by atoms with Gasteiger partial charge in [-0.05, 0) is 23.6 Å². The van der Waals surface area contributed by atoms with Gasteiger partial charge in [0.25, 0.3) is 0 Å². The van der Waals surface area contributed by atoms with E-state index in [1.807, 2.05) is 18.2 Å². The first-order valence-electron chi connectivity index (χ1n) is 4.16. The molecule has 1 heterocycles. The van der Waals surface area contributed by atoms with E-state index in [9.17, 15) is 0 Å². The molecule has 0 radical (unpaired) electrons. The maximum atomic E-state index is 5.93. The van der Waals surface area contributed by atoms with Crippen LogP contribution in [0.1, 0.15) is 0 Å². The van der Waals surface area contributed by atoms with Crippen LogP contribution in [0.5, 0.6) is 10.8 Å². The first-order chi connectivity index (χ1) is 6.76. The van der Waals surface area contributed by atoms with E-state index in [2.05, 4.69) is 0 Å². The second-order valence-electron chi connectivity index (χ2n) is 2.87. The maximum absolute atomic E-state index is 5.93. The summed E-state index contributed by atoms with van der Waals surface area (Å²) < 4.78 is 11.3. The number of hydrogen-bond donors (Lipinski definition) is 1. The molecule has 2 aromatic rings. The summed E-state index contributed by atoms with van der Waals surface area (Å²) in [6.45, 7) is 0. The fraction of sp³-hybridized carbons (Fsp3) is 0.200. The Kier molecular flexibility index (Phi) is 2.21. The lowest BCUT2D eigenvalue weighted by Gasteiger charge is -2.03. The van der Waals surface area contributed by atoms with E-state index < -0.39 is 0 Å². The predicted molar refractivity (Wildman–Crippen MR) is 59.3 cm³/mol. The minimum Gasteiger partial charge on any atom is -0.495 e. The molecule has 0 fully saturated rings. The standard InChI is InChI=1S/C10H11NO2S/c1-12-7-4-3-6-5-8(13-2)14-10(6)9(7)11/h3-5H,11H2,1-2H3. The van der Waals surface area contributed by atoms with Gasteiger partial charge in [0, 0.05) is 0 Å². The third-order valence-electron chi connectivity index (χ3n) is 2.08. The monoisotopic (exact) mass is 209 g/mol. The molecular formula is C10H11NO2S. The molecule has 0 bridgehead atoms. The number of fused-ring (bicyclic) bond motifs is 1. The smallest absolute Gasteiger partial charge is 0.174 e. The van der Waals surface area contributed by atoms with Crippen LogP contribution in [0.4, 0.5) is 5.69 Å². The summed E-state index contributed by atoms with van der Waals surface area (Å²) >= 11 is 1.53. The number of thiophene rings is 1. The van der Waals surface area contributed by atoms with Crippen LogP contribution >= 0.6 is 11.3 Å². The molecule has 3 nitrogen and oxygen atoms in total. The van der Waals surface area contributed by atoms with Crippen molar-refractivity contribution in [1.29, 1.82) is 0 Å². The van der Waals surface area contributed by atoms with E-state index in [1.54, 1.807) is 14.2 Å². The quantitative estimate of drug-likeness (QED) is 0.773. The highest BCUT2D eigenvalue weighted by molar-refractivity contribution is 7.21. The summed E-state index contributed by atoms with van der Waals surface area (Å²) in [7, 11) is 3.26. The zero-order valence-electron chi connectivity index (χ0n) is 8.03. The average molecular weight is 209 g/mol. The molecule has 0 aliphatic carbocycles. The van der Waals surface area contributed by atoms with Crippen LogP contribution in [0.2, 0.25) is 0 Å². The first-order valence-corrected chi connectivity index (χ1v) is 4.98. The Morgan fingerprint density at radius 3 is 2.64 bits per heavy atom. The lowest BCUT2D eigenvalue weighted by atomic mass is 10.2. The molecule has 0 saturated carbocycles. The van der Waals surface area contributed by atoms with Gasteiger partial charge in [-0.3, -0.25) is 0 Å². The van der Waals surface area contributed by atoms with Gasteiger partial charge in [-0.1, -0.05) is 11.3 Å². The van der Waals surface area contributed by atoms with Crippen molar-refractivity contribution in [3.63, 3.8) is 0 Å². The number of hydrogen-bond acceptors (Lipinski definition) is 4. The molecule has 0 aliphatic rings. The highest BCUT2D eigenvalue weighted by Crippen LogP contribution is 2.39. The van der Waals surface area contributed by atoms with Crippen molar-refractivity contribution in [2.75, 3.05) is 20.0 Å². The van der Waals surface area contributed by atoms with Crippen LogP contribution in [-0.4, -0.2) is 14.2 Å². The van der Waals surface area contributed by atoms with E-state index in [4.69, 9.17) is 15.2 Å². The molecule has 2 rings (SSSR count). The second kappa shape index (κ2) is 3.38. The lowest BCUT2D eigenvalue weighted by Crippen LogP contribution is -1.91. The number of nitrogen functional groups attached to an aromatic ring is 1. The number of nitrogens with two attached hydrogens (primary N) is 1. The van der Waals surface area contributed by atoms with E-state index in [1.165, 1.54) is 11.3 Å². The lowest BCUT2D eigenvalue weighted by molar-refractivity contribution is 0.417. The van der Waals surface area contributed by atoms with E-state index in [-0.39, 0.29) is 0 Å². The zero-order valence-corrected chi connectivity index (χ0v) is 8.85. The topological polar surface area (TPSA) is 44.5 Å². The molecule has 0 unspecified atom stereocenters. The van der Waals surface area contributed by atoms with Crippen molar-refractivity contribution >= 4 is 27.1 Å². The van der Waals surface area contributed by atoms with Crippen LogP contribution in [0.25, 0.3) is 10.1 Å². The van der Waals surface area contributed by atoms with Gasteiger partial charge in [0.2, 0.25) is 0 Å². The molecule has 0 saturated heterocycles. The van der Waals surface area contributed by atoms with Crippen LogP contribution in [0.3, 0.4) is 0 Å². The van der Waals surface area contributed by atoms with Crippen LogP contribution in [0.15, 0.2) is 18.2 Å². The van der Waals surface area contributed by atoms with Crippen molar-refractivity contribution < 1.29 is 9.47 Å². The van der Waals surface area contributed by atoms with Gasteiger partial charge in [0.1, 0.15) is 5.75 Å². The Hall–Kier alpha value is -1.42. The number of anilines is 1. The normalized spacial score (nSPS) is 10.4. The third kappa shape index (κ3) is 1.28. The first kappa shape index (κ1) is 9.15. The summed E-state index contributed by atoms with van der Waals surface area (Å²) in [5.41, 5.74) is 6.61. The van der Waals surface area contributed by atoms with Crippen molar-refractivity contribution in [2.24, 2.45) is 0 Å². The summed E-state index contributed by atoms with van der Waals surface area (Å²) in [5, 5.41) is 1.95. The highest BCUT2D eigenvalue weighted by atomic mass is 32.1. The summed E-state index contributed by atoms with van der Waals surface area (Å²) in [6, 6.07) is 5.81. The van der Waals surface area contributed by atoms with Crippen molar-refractivity contribution in [3.8, 4) is 10.8 Å². The van der Waals surface area contributed by atoms with Gasteiger partial charge in [-0.2, -0.15) is 0 Å². The molecule has 0 spiro atoms. The molecule has 14 heavy (non-hydrogen) atoms. The van der Waals surface area contributed by atoms with Crippen LogP contribution in [-0.2, 0) is 0 Å². The Bertz CT molecular complexity index is 464. The number of ether oxygens (including phenoxy) is 2. The minimum atomic E-state index is 0.679. The molecule has 1 aromatic heterocycles. The van der Waals surface area contributed by atoms with Crippen molar-refractivity contribution in [1.82, 2.24) is 0 Å². The molecule has 74 valence electrons. The van der Waals surface area contributed by atoms with E-state index in [0.29, 0.717) is 11.4 Å². The largest absolute Gasteiger partial charge is 0.495 e. The fourth-order valence-corrected chi connectivity index (χ4v) is 2.29. The third-order valence-corrected chi connectivity index (χ3v) is 3.23. The predicted octanol–water partition coefficient (Wildman–Crippen LogP) is 2.50. The highest BCUT2D eigenvalue weighted by Gasteiger charge is 2.08. The van der Waals surface area contributed by atoms with Gasteiger partial charge in [0.15, 0.2) is 5.06 Å². The SMILES string of the molecule is COc1cc2ccc(OC)c(N)c2s1. The number of methoxy groups -OCH3 is 2. The van der Waals surface area contributed by atoms with Gasteiger partial charge < -0.3 is 15.2 Å². The summed E-state index contributed by atoms with van der Waals surface area (Å²) in [4.78, 5) is 0. The average Bonchev–Trinajstić information content (AvgIpc) is 2.62.